The number of aliphatic hydroxyl groups is 1. The van der Waals surface area contributed by atoms with Gasteiger partial charge in [0.1, 0.15) is 0 Å². The highest BCUT2D eigenvalue weighted by atomic mass is 35.5. The molecule has 2 unspecified atom stereocenters. The maximum Gasteiger partial charge on any atom is 0.0473 e. The van der Waals surface area contributed by atoms with Crippen molar-refractivity contribution in [3.05, 3.63) is 34.9 Å². The number of nitrogens with zero attached hydrogens (tertiary/aromatic N) is 1. The lowest BCUT2D eigenvalue weighted by atomic mass is 10.0. The summed E-state index contributed by atoms with van der Waals surface area (Å²) < 4.78 is 0. The lowest BCUT2D eigenvalue weighted by Crippen LogP contribution is -2.37. The van der Waals surface area contributed by atoms with Crippen LogP contribution in [-0.4, -0.2) is 35.7 Å². The van der Waals surface area contributed by atoms with Gasteiger partial charge in [-0.15, -0.1) is 0 Å². The van der Waals surface area contributed by atoms with Gasteiger partial charge in [0.25, 0.3) is 0 Å². The van der Waals surface area contributed by atoms with Crippen LogP contribution >= 0.6 is 11.6 Å². The van der Waals surface area contributed by atoms with E-state index >= 15 is 0 Å². The lowest BCUT2D eigenvalue weighted by Gasteiger charge is -2.32. The van der Waals surface area contributed by atoms with E-state index in [1.807, 2.05) is 18.2 Å². The molecular formula is C14H21ClN2O. The summed E-state index contributed by atoms with van der Waals surface area (Å²) in [6.07, 6.45) is 3.16. The van der Waals surface area contributed by atoms with Crippen molar-refractivity contribution in [1.82, 2.24) is 4.90 Å². The van der Waals surface area contributed by atoms with E-state index < -0.39 is 0 Å². The van der Waals surface area contributed by atoms with Crippen LogP contribution in [0.25, 0.3) is 0 Å². The topological polar surface area (TPSA) is 49.5 Å². The fourth-order valence-corrected chi connectivity index (χ4v) is 3.10. The van der Waals surface area contributed by atoms with Crippen LogP contribution in [0.2, 0.25) is 5.02 Å². The number of benzene rings is 1. The van der Waals surface area contributed by atoms with Gasteiger partial charge in [-0.05, 0) is 43.5 Å². The number of halogens is 1. The Morgan fingerprint density at radius 1 is 1.50 bits per heavy atom. The molecule has 1 aromatic rings. The predicted octanol–water partition coefficient (Wildman–Crippen LogP) is 2.19. The molecule has 1 saturated heterocycles. The molecule has 2 rings (SSSR count). The zero-order valence-corrected chi connectivity index (χ0v) is 11.3. The van der Waals surface area contributed by atoms with Gasteiger partial charge in [0.05, 0.1) is 0 Å². The molecule has 4 heteroatoms. The first kappa shape index (κ1) is 13.8. The van der Waals surface area contributed by atoms with E-state index in [-0.39, 0.29) is 12.6 Å². The van der Waals surface area contributed by atoms with Crippen LogP contribution in [0.15, 0.2) is 24.3 Å². The Morgan fingerprint density at radius 3 is 3.00 bits per heavy atom. The molecule has 1 aliphatic heterocycles. The van der Waals surface area contributed by atoms with Crippen LogP contribution in [0.4, 0.5) is 0 Å². The van der Waals surface area contributed by atoms with Gasteiger partial charge in [-0.3, -0.25) is 4.90 Å². The van der Waals surface area contributed by atoms with E-state index in [1.54, 1.807) is 0 Å². The van der Waals surface area contributed by atoms with Crippen molar-refractivity contribution in [2.75, 3.05) is 19.7 Å². The fourth-order valence-electron chi connectivity index (χ4n) is 2.90. The van der Waals surface area contributed by atoms with Gasteiger partial charge >= 0.3 is 0 Å². The molecule has 100 valence electrons. The van der Waals surface area contributed by atoms with E-state index in [2.05, 4.69) is 11.0 Å². The molecule has 0 amide bonds. The monoisotopic (exact) mass is 268 g/mol. The highest BCUT2D eigenvalue weighted by molar-refractivity contribution is 6.30. The minimum atomic E-state index is 0.211. The molecule has 0 radical (unpaired) electrons. The number of nitrogens with two attached hydrogens (primary N) is 1. The highest BCUT2D eigenvalue weighted by Gasteiger charge is 2.30. The number of rotatable bonds is 5. The third-order valence-corrected chi connectivity index (χ3v) is 3.98. The van der Waals surface area contributed by atoms with Gasteiger partial charge in [0.15, 0.2) is 0 Å². The van der Waals surface area contributed by atoms with E-state index in [0.717, 1.165) is 24.4 Å². The van der Waals surface area contributed by atoms with Crippen LogP contribution in [0.5, 0.6) is 0 Å². The molecule has 0 aliphatic carbocycles. The smallest absolute Gasteiger partial charge is 0.0473 e. The zero-order chi connectivity index (χ0) is 13.0. The SMILES string of the molecule is NCC(c1cccc(Cl)c1)N1CCCC1CCO. The fraction of sp³-hybridized carbons (Fsp3) is 0.571. The van der Waals surface area contributed by atoms with Gasteiger partial charge in [0.2, 0.25) is 0 Å². The molecule has 18 heavy (non-hydrogen) atoms. The molecule has 0 spiro atoms. The zero-order valence-electron chi connectivity index (χ0n) is 10.6. The van der Waals surface area contributed by atoms with Crippen molar-refractivity contribution in [2.45, 2.75) is 31.3 Å². The Kier molecular flexibility index (Phi) is 5.01. The summed E-state index contributed by atoms with van der Waals surface area (Å²) in [6, 6.07) is 8.58. The molecular weight excluding hydrogens is 248 g/mol. The molecule has 1 aliphatic rings. The summed E-state index contributed by atoms with van der Waals surface area (Å²) in [4.78, 5) is 2.42. The van der Waals surface area contributed by atoms with Crippen molar-refractivity contribution >= 4 is 11.6 Å². The summed E-state index contributed by atoms with van der Waals surface area (Å²) in [5.74, 6) is 0. The van der Waals surface area contributed by atoms with Crippen LogP contribution in [0.3, 0.4) is 0 Å². The first-order chi connectivity index (χ1) is 8.76. The third kappa shape index (κ3) is 3.04. The molecule has 1 fully saturated rings. The van der Waals surface area contributed by atoms with Crippen LogP contribution in [-0.2, 0) is 0 Å². The molecule has 0 aromatic heterocycles. The molecule has 3 nitrogen and oxygen atoms in total. The molecule has 2 atom stereocenters. The first-order valence-corrected chi connectivity index (χ1v) is 6.96. The van der Waals surface area contributed by atoms with Crippen LogP contribution < -0.4 is 5.73 Å². The van der Waals surface area contributed by atoms with Crippen molar-refractivity contribution in [3.8, 4) is 0 Å². The molecule has 1 aromatic carbocycles. The van der Waals surface area contributed by atoms with Crippen molar-refractivity contribution < 1.29 is 5.11 Å². The number of hydrogen-bond acceptors (Lipinski definition) is 3. The van der Waals surface area contributed by atoms with Crippen LogP contribution in [0.1, 0.15) is 30.9 Å². The van der Waals surface area contributed by atoms with E-state index in [9.17, 15) is 0 Å². The number of hydrogen-bond donors (Lipinski definition) is 2. The minimum absolute atomic E-state index is 0.211. The number of aliphatic hydroxyl groups excluding tert-OH is 1. The quantitative estimate of drug-likeness (QED) is 0.861. The summed E-state index contributed by atoms with van der Waals surface area (Å²) in [5, 5.41) is 9.89. The third-order valence-electron chi connectivity index (χ3n) is 3.74. The van der Waals surface area contributed by atoms with Crippen molar-refractivity contribution in [1.29, 1.82) is 0 Å². The van der Waals surface area contributed by atoms with Crippen LogP contribution in [0, 0.1) is 0 Å². The van der Waals surface area contributed by atoms with Gasteiger partial charge in [-0.1, -0.05) is 23.7 Å². The first-order valence-electron chi connectivity index (χ1n) is 6.58. The molecule has 0 bridgehead atoms. The summed E-state index contributed by atoms with van der Waals surface area (Å²) in [5.41, 5.74) is 7.12. The predicted molar refractivity (Wildman–Crippen MR) is 74.7 cm³/mol. The number of likely N-dealkylation sites (tertiary alicyclic amines) is 1. The van der Waals surface area contributed by atoms with Gasteiger partial charge < -0.3 is 10.8 Å². The molecule has 3 N–H and O–H groups in total. The Balaban J connectivity index is 2.17. The lowest BCUT2D eigenvalue weighted by molar-refractivity contribution is 0.151. The molecule has 1 heterocycles. The standard InChI is InChI=1S/C14H21ClN2O/c15-12-4-1-3-11(9-12)14(10-16)17-7-2-5-13(17)6-8-18/h1,3-4,9,13-14,18H,2,5-8,10,16H2. The highest BCUT2D eigenvalue weighted by Crippen LogP contribution is 2.31. The second-order valence-corrected chi connectivity index (χ2v) is 5.29. The van der Waals surface area contributed by atoms with Gasteiger partial charge in [-0.25, -0.2) is 0 Å². The Morgan fingerprint density at radius 2 is 2.33 bits per heavy atom. The second kappa shape index (κ2) is 6.53. The maximum absolute atomic E-state index is 9.13. The Bertz CT molecular complexity index is 386. The van der Waals surface area contributed by atoms with Crippen molar-refractivity contribution in [2.24, 2.45) is 5.73 Å². The molecule has 0 saturated carbocycles. The summed E-state index contributed by atoms with van der Waals surface area (Å²) >= 11 is 6.05. The summed E-state index contributed by atoms with van der Waals surface area (Å²) in [6.45, 7) is 1.88. The average molecular weight is 269 g/mol. The largest absolute Gasteiger partial charge is 0.396 e. The Hall–Kier alpha value is -0.610. The van der Waals surface area contributed by atoms with E-state index in [4.69, 9.17) is 22.4 Å². The normalized spacial score (nSPS) is 22.3. The van der Waals surface area contributed by atoms with E-state index in [0.29, 0.717) is 12.6 Å². The minimum Gasteiger partial charge on any atom is -0.396 e. The summed E-state index contributed by atoms with van der Waals surface area (Å²) in [7, 11) is 0. The van der Waals surface area contributed by atoms with Gasteiger partial charge in [0, 0.05) is 30.3 Å². The Labute approximate surface area is 114 Å². The van der Waals surface area contributed by atoms with Gasteiger partial charge in [-0.2, -0.15) is 0 Å². The average Bonchev–Trinajstić information content (AvgIpc) is 2.79. The maximum atomic E-state index is 9.13. The van der Waals surface area contributed by atoms with E-state index in [1.165, 1.54) is 12.0 Å². The van der Waals surface area contributed by atoms with Crippen molar-refractivity contribution in [3.63, 3.8) is 0 Å². The second-order valence-electron chi connectivity index (χ2n) is 4.85.